The number of carbonyl (C=O) groups excluding carboxylic acids is 1. The number of likely N-dealkylation sites (tertiary alicyclic amines) is 1. The molecular weight excluding hydrogens is 320 g/mol. The second-order valence-corrected chi connectivity index (χ2v) is 8.06. The molecule has 0 radical (unpaired) electrons. The highest BCUT2D eigenvalue weighted by Crippen LogP contribution is 2.40. The largest absolute Gasteiger partial charge is 0.345 e. The van der Waals surface area contributed by atoms with Gasteiger partial charge in [0.2, 0.25) is 5.91 Å². The van der Waals surface area contributed by atoms with Crippen molar-refractivity contribution in [2.24, 2.45) is 11.8 Å². The van der Waals surface area contributed by atoms with Gasteiger partial charge in [0, 0.05) is 32.6 Å². The van der Waals surface area contributed by atoms with Crippen LogP contribution in [0.5, 0.6) is 0 Å². The maximum atomic E-state index is 12.0. The van der Waals surface area contributed by atoms with Crippen LogP contribution in [0.25, 0.3) is 11.1 Å². The maximum absolute atomic E-state index is 12.0. The van der Waals surface area contributed by atoms with Gasteiger partial charge in [-0.15, -0.1) is 0 Å². The number of amides is 1. The lowest BCUT2D eigenvalue weighted by Gasteiger charge is -2.31. The number of piperidine rings is 1. The molecule has 0 bridgehead atoms. The molecule has 3 atom stereocenters. The van der Waals surface area contributed by atoms with Crippen LogP contribution in [0.1, 0.15) is 24.8 Å². The first kappa shape index (κ1) is 17.3. The van der Waals surface area contributed by atoms with Gasteiger partial charge in [-0.2, -0.15) is 0 Å². The number of rotatable bonds is 4. The van der Waals surface area contributed by atoms with Crippen molar-refractivity contribution >= 4 is 5.91 Å². The van der Waals surface area contributed by atoms with E-state index in [0.717, 1.165) is 25.9 Å². The molecule has 1 saturated heterocycles. The molecule has 2 aromatic carbocycles. The van der Waals surface area contributed by atoms with Gasteiger partial charge >= 0.3 is 0 Å². The predicted molar refractivity (Wildman–Crippen MR) is 106 cm³/mol. The van der Waals surface area contributed by atoms with Crippen LogP contribution < -0.4 is 0 Å². The highest BCUT2D eigenvalue weighted by Gasteiger charge is 2.41. The maximum Gasteiger partial charge on any atom is 0.222 e. The van der Waals surface area contributed by atoms with Crippen LogP contribution >= 0.6 is 0 Å². The van der Waals surface area contributed by atoms with Gasteiger partial charge in [0.25, 0.3) is 0 Å². The van der Waals surface area contributed by atoms with Crippen LogP contribution in [0.4, 0.5) is 0 Å². The zero-order chi connectivity index (χ0) is 18.1. The van der Waals surface area contributed by atoms with Crippen LogP contribution in [0, 0.1) is 11.8 Å². The van der Waals surface area contributed by atoms with Gasteiger partial charge in [0.1, 0.15) is 0 Å². The first-order chi connectivity index (χ1) is 12.6. The fourth-order valence-electron chi connectivity index (χ4n) is 4.80. The Morgan fingerprint density at radius 3 is 2.50 bits per heavy atom. The highest BCUT2D eigenvalue weighted by atomic mass is 16.2. The smallest absolute Gasteiger partial charge is 0.222 e. The number of hydrogen-bond donors (Lipinski definition) is 0. The summed E-state index contributed by atoms with van der Waals surface area (Å²) in [6.07, 6.45) is 3.12. The lowest BCUT2D eigenvalue weighted by Crippen LogP contribution is -2.39. The molecule has 26 heavy (non-hydrogen) atoms. The van der Waals surface area contributed by atoms with Gasteiger partial charge in [-0.05, 0) is 48.4 Å². The van der Waals surface area contributed by atoms with Crippen molar-refractivity contribution in [3.05, 3.63) is 60.2 Å². The zero-order valence-electron chi connectivity index (χ0n) is 15.8. The lowest BCUT2D eigenvalue weighted by atomic mass is 9.88. The molecule has 0 aromatic heterocycles. The molecular formula is C23H28N2O. The standard InChI is InChI=1S/C23H28N2O/c1-24(21-12-19-14-23(26)25(2)16-20(19)13-21)15-18-10-6-7-11-22(18)17-8-4-3-5-9-17/h3-11,19-21H,12-16H2,1-2H3/t19-,20+,21-/m1/s1. The third-order valence-electron chi connectivity index (χ3n) is 6.33. The summed E-state index contributed by atoms with van der Waals surface area (Å²) in [5, 5.41) is 0. The number of hydrogen-bond acceptors (Lipinski definition) is 2. The molecule has 0 N–H and O–H groups in total. The number of carbonyl (C=O) groups is 1. The molecule has 1 amide bonds. The summed E-state index contributed by atoms with van der Waals surface area (Å²) in [4.78, 5) is 16.4. The molecule has 136 valence electrons. The molecule has 1 heterocycles. The van der Waals surface area contributed by atoms with Crippen LogP contribution in [-0.2, 0) is 11.3 Å². The third-order valence-corrected chi connectivity index (χ3v) is 6.33. The van der Waals surface area contributed by atoms with Gasteiger partial charge in [-0.1, -0.05) is 54.6 Å². The van der Waals surface area contributed by atoms with Gasteiger partial charge in [0.15, 0.2) is 0 Å². The summed E-state index contributed by atoms with van der Waals surface area (Å²) in [5.74, 6) is 1.58. The normalized spacial score (nSPS) is 25.6. The minimum absolute atomic E-state index is 0.323. The van der Waals surface area contributed by atoms with Crippen LogP contribution in [0.2, 0.25) is 0 Å². The van der Waals surface area contributed by atoms with Crippen molar-refractivity contribution in [2.75, 3.05) is 20.6 Å². The topological polar surface area (TPSA) is 23.6 Å². The lowest BCUT2D eigenvalue weighted by molar-refractivity contribution is -0.134. The molecule has 0 unspecified atom stereocenters. The van der Waals surface area contributed by atoms with E-state index < -0.39 is 0 Å². The second kappa shape index (κ2) is 7.24. The molecule has 3 nitrogen and oxygen atoms in total. The fourth-order valence-corrected chi connectivity index (χ4v) is 4.80. The average molecular weight is 348 g/mol. The minimum Gasteiger partial charge on any atom is -0.345 e. The summed E-state index contributed by atoms with van der Waals surface area (Å²) >= 11 is 0. The Hall–Kier alpha value is -2.13. The zero-order valence-corrected chi connectivity index (χ0v) is 15.8. The molecule has 1 saturated carbocycles. The summed E-state index contributed by atoms with van der Waals surface area (Å²) in [6, 6.07) is 19.9. The van der Waals surface area contributed by atoms with E-state index in [4.69, 9.17) is 0 Å². The van der Waals surface area contributed by atoms with Crippen LogP contribution in [-0.4, -0.2) is 42.4 Å². The molecule has 0 spiro atoms. The Morgan fingerprint density at radius 1 is 1.00 bits per heavy atom. The van der Waals surface area contributed by atoms with Gasteiger partial charge < -0.3 is 4.90 Å². The van der Waals surface area contributed by atoms with E-state index in [1.165, 1.54) is 23.1 Å². The number of nitrogens with zero attached hydrogens (tertiary/aromatic N) is 2. The van der Waals surface area contributed by atoms with Gasteiger partial charge in [-0.3, -0.25) is 9.69 Å². The van der Waals surface area contributed by atoms with E-state index in [-0.39, 0.29) is 0 Å². The van der Waals surface area contributed by atoms with E-state index >= 15 is 0 Å². The highest BCUT2D eigenvalue weighted by molar-refractivity contribution is 5.77. The van der Waals surface area contributed by atoms with Crippen molar-refractivity contribution in [1.82, 2.24) is 9.80 Å². The van der Waals surface area contributed by atoms with E-state index in [2.05, 4.69) is 66.5 Å². The Bertz CT molecular complexity index is 773. The molecule has 1 aliphatic carbocycles. The third kappa shape index (κ3) is 3.41. The van der Waals surface area contributed by atoms with E-state index in [1.807, 2.05) is 11.9 Å². The van der Waals surface area contributed by atoms with Gasteiger partial charge in [0.05, 0.1) is 0 Å². The molecule has 2 aliphatic rings. The Morgan fingerprint density at radius 2 is 1.69 bits per heavy atom. The Balaban J connectivity index is 1.48. The second-order valence-electron chi connectivity index (χ2n) is 8.06. The Labute approximate surface area is 156 Å². The van der Waals surface area contributed by atoms with Crippen molar-refractivity contribution in [3.8, 4) is 11.1 Å². The van der Waals surface area contributed by atoms with Gasteiger partial charge in [-0.25, -0.2) is 0 Å². The molecule has 3 heteroatoms. The summed E-state index contributed by atoms with van der Waals surface area (Å²) in [5.41, 5.74) is 3.98. The predicted octanol–water partition coefficient (Wildman–Crippen LogP) is 4.04. The van der Waals surface area contributed by atoms with Crippen molar-refractivity contribution < 1.29 is 4.79 Å². The van der Waals surface area contributed by atoms with Crippen molar-refractivity contribution in [2.45, 2.75) is 31.8 Å². The van der Waals surface area contributed by atoms with E-state index in [1.54, 1.807) is 0 Å². The minimum atomic E-state index is 0.323. The number of benzene rings is 2. The molecule has 4 rings (SSSR count). The first-order valence-corrected chi connectivity index (χ1v) is 9.69. The Kier molecular flexibility index (Phi) is 4.82. The summed E-state index contributed by atoms with van der Waals surface area (Å²) in [7, 11) is 4.20. The SMILES string of the molecule is CN1C[C@@H]2C[C@H](N(C)Cc3ccccc3-c3ccccc3)C[C@@H]2CC1=O. The molecule has 2 aromatic rings. The molecule has 1 aliphatic heterocycles. The fraction of sp³-hybridized carbons (Fsp3) is 0.435. The van der Waals surface area contributed by atoms with Crippen molar-refractivity contribution in [3.63, 3.8) is 0 Å². The van der Waals surface area contributed by atoms with Crippen LogP contribution in [0.3, 0.4) is 0 Å². The van der Waals surface area contributed by atoms with Crippen LogP contribution in [0.15, 0.2) is 54.6 Å². The first-order valence-electron chi connectivity index (χ1n) is 9.69. The molecule has 2 fully saturated rings. The quantitative estimate of drug-likeness (QED) is 0.832. The number of fused-ring (bicyclic) bond motifs is 1. The van der Waals surface area contributed by atoms with E-state index in [9.17, 15) is 4.79 Å². The van der Waals surface area contributed by atoms with E-state index in [0.29, 0.717) is 23.8 Å². The monoisotopic (exact) mass is 348 g/mol. The average Bonchev–Trinajstić information content (AvgIpc) is 3.06. The summed E-state index contributed by atoms with van der Waals surface area (Å²) < 4.78 is 0. The van der Waals surface area contributed by atoms with Crippen molar-refractivity contribution in [1.29, 1.82) is 0 Å². The summed E-state index contributed by atoms with van der Waals surface area (Å²) in [6.45, 7) is 1.90.